The second-order valence-electron chi connectivity index (χ2n) is 11.2. The summed E-state index contributed by atoms with van der Waals surface area (Å²) in [5.74, 6) is 2.09. The number of allylic oxidation sites excluding steroid dienone is 2. The Balaban J connectivity index is 1.31. The molecular formula is C23H37NO3S. The summed E-state index contributed by atoms with van der Waals surface area (Å²) in [5.41, 5.74) is -0.284. The molecule has 1 heterocycles. The summed E-state index contributed by atoms with van der Waals surface area (Å²) in [7, 11) is -3.34. The van der Waals surface area contributed by atoms with Crippen molar-refractivity contribution in [3.05, 3.63) is 12.2 Å². The molecular weight excluding hydrogens is 370 g/mol. The van der Waals surface area contributed by atoms with Crippen LogP contribution in [0.3, 0.4) is 0 Å². The van der Waals surface area contributed by atoms with Crippen molar-refractivity contribution in [1.29, 1.82) is 0 Å². The van der Waals surface area contributed by atoms with Crippen molar-refractivity contribution in [2.24, 2.45) is 34.0 Å². The number of hydrogen-bond donors (Lipinski definition) is 1. The summed E-state index contributed by atoms with van der Waals surface area (Å²) in [6, 6.07) is 0. The van der Waals surface area contributed by atoms with Gasteiger partial charge in [-0.25, -0.2) is 12.7 Å². The summed E-state index contributed by atoms with van der Waals surface area (Å²) >= 11 is 0. The number of hydrogen-bond acceptors (Lipinski definition) is 3. The maximum absolute atomic E-state index is 13.4. The highest BCUT2D eigenvalue weighted by molar-refractivity contribution is 7.89. The highest BCUT2D eigenvalue weighted by Crippen LogP contribution is 2.66. The Labute approximate surface area is 170 Å². The van der Waals surface area contributed by atoms with Gasteiger partial charge >= 0.3 is 0 Å². The van der Waals surface area contributed by atoms with Gasteiger partial charge in [-0.2, -0.15) is 0 Å². The fraction of sp³-hybridized carbons (Fsp3) is 0.913. The first-order valence-electron chi connectivity index (χ1n) is 11.6. The maximum Gasteiger partial charge on any atom is 0.214 e. The molecule has 0 aromatic rings. The zero-order valence-corrected chi connectivity index (χ0v) is 18.4. The third kappa shape index (κ3) is 2.58. The summed E-state index contributed by atoms with van der Waals surface area (Å²) < 4.78 is 28.7. The van der Waals surface area contributed by atoms with Gasteiger partial charge in [-0.15, -0.1) is 0 Å². The van der Waals surface area contributed by atoms with Gasteiger partial charge in [0.2, 0.25) is 10.0 Å². The molecule has 0 amide bonds. The van der Waals surface area contributed by atoms with Crippen LogP contribution in [-0.2, 0) is 10.0 Å². The van der Waals surface area contributed by atoms with Crippen LogP contribution in [-0.4, -0.2) is 42.8 Å². The number of piperidine rings is 1. The molecule has 1 N–H and O–H groups in total. The first kappa shape index (κ1) is 19.6. The lowest BCUT2D eigenvalue weighted by Crippen LogP contribution is -2.51. The molecule has 5 atom stereocenters. The fourth-order valence-electron chi connectivity index (χ4n) is 8.06. The second-order valence-corrected chi connectivity index (χ2v) is 13.1. The normalized spacial score (nSPS) is 44.2. The lowest BCUT2D eigenvalue weighted by atomic mass is 9.64. The van der Waals surface area contributed by atoms with Crippen LogP contribution in [0.15, 0.2) is 12.2 Å². The molecule has 4 fully saturated rings. The van der Waals surface area contributed by atoms with E-state index in [4.69, 9.17) is 0 Å². The Morgan fingerprint density at radius 3 is 2.43 bits per heavy atom. The van der Waals surface area contributed by atoms with Crippen molar-refractivity contribution < 1.29 is 13.5 Å². The zero-order chi connectivity index (χ0) is 19.8. The second kappa shape index (κ2) is 6.31. The average Bonchev–Trinajstić information content (AvgIpc) is 3.19. The lowest BCUT2D eigenvalue weighted by molar-refractivity contribution is 0.0139. The molecule has 158 valence electrons. The quantitative estimate of drug-likeness (QED) is 0.721. The summed E-state index contributed by atoms with van der Waals surface area (Å²) in [6.45, 7) is 5.69. The van der Waals surface area contributed by atoms with Gasteiger partial charge in [0, 0.05) is 18.5 Å². The van der Waals surface area contributed by atoms with Crippen LogP contribution in [0.4, 0.5) is 0 Å². The van der Waals surface area contributed by atoms with Gasteiger partial charge in [-0.1, -0.05) is 38.8 Å². The Morgan fingerprint density at radius 1 is 1.07 bits per heavy atom. The van der Waals surface area contributed by atoms with E-state index in [0.717, 1.165) is 43.9 Å². The number of rotatable bonds is 3. The minimum Gasteiger partial charge on any atom is -0.392 e. The van der Waals surface area contributed by atoms with E-state index in [0.29, 0.717) is 19.0 Å². The topological polar surface area (TPSA) is 57.6 Å². The Morgan fingerprint density at radius 2 is 1.79 bits per heavy atom. The first-order chi connectivity index (χ1) is 13.2. The zero-order valence-electron chi connectivity index (χ0n) is 17.6. The number of aliphatic hydroxyl groups is 1. The van der Waals surface area contributed by atoms with Gasteiger partial charge in [0.1, 0.15) is 0 Å². The maximum atomic E-state index is 13.4. The van der Waals surface area contributed by atoms with E-state index in [1.807, 2.05) is 0 Å². The Kier molecular flexibility index (Phi) is 4.41. The lowest BCUT2D eigenvalue weighted by Gasteiger charge is -2.46. The third-order valence-electron chi connectivity index (χ3n) is 10.1. The molecule has 2 bridgehead atoms. The van der Waals surface area contributed by atoms with E-state index in [1.165, 1.54) is 25.7 Å². The van der Waals surface area contributed by atoms with E-state index in [1.54, 1.807) is 4.31 Å². The van der Waals surface area contributed by atoms with E-state index in [2.05, 4.69) is 26.0 Å². The Hall–Kier alpha value is -0.390. The van der Waals surface area contributed by atoms with Gasteiger partial charge in [0.05, 0.1) is 11.9 Å². The minimum absolute atomic E-state index is 0.0833. The van der Waals surface area contributed by atoms with Crippen molar-refractivity contribution in [2.45, 2.75) is 77.7 Å². The molecule has 3 saturated carbocycles. The highest BCUT2D eigenvalue weighted by Gasteiger charge is 2.65. The average molecular weight is 408 g/mol. The Bertz CT molecular complexity index is 765. The van der Waals surface area contributed by atoms with Crippen molar-refractivity contribution in [3.8, 4) is 0 Å². The molecule has 28 heavy (non-hydrogen) atoms. The van der Waals surface area contributed by atoms with Gasteiger partial charge in [0.25, 0.3) is 0 Å². The van der Waals surface area contributed by atoms with Crippen LogP contribution in [0.2, 0.25) is 0 Å². The van der Waals surface area contributed by atoms with Gasteiger partial charge < -0.3 is 5.11 Å². The molecule has 0 aromatic carbocycles. The molecule has 5 heteroatoms. The molecule has 4 aliphatic carbocycles. The van der Waals surface area contributed by atoms with Gasteiger partial charge in [-0.3, -0.25) is 0 Å². The predicted molar refractivity (Wildman–Crippen MR) is 111 cm³/mol. The fourth-order valence-corrected chi connectivity index (χ4v) is 10.3. The standard InChI is InChI=1S/C23H37NO3S/c1-21(2)18-8-10-23(21,20(25)15-18)16-28(26,27)24-13-11-22(12-14-24)9-7-17-5-3-4-6-19(17)22/h7,9,17-20,25H,3-6,8,10-16H2,1-2H3/t17?,18?,19?,20-,23-/m1/s1. The monoisotopic (exact) mass is 407 g/mol. The number of sulfonamides is 1. The largest absolute Gasteiger partial charge is 0.392 e. The van der Waals surface area contributed by atoms with Crippen LogP contribution < -0.4 is 0 Å². The van der Waals surface area contributed by atoms with Crippen LogP contribution in [0.1, 0.15) is 71.6 Å². The molecule has 3 unspecified atom stereocenters. The van der Waals surface area contributed by atoms with E-state index in [9.17, 15) is 13.5 Å². The van der Waals surface area contributed by atoms with Crippen LogP contribution >= 0.6 is 0 Å². The SMILES string of the molecule is CC1(C)C2CC[C@@]1(CS(=O)(=O)N1CCC3(C=CC4CCCCC43)CC1)[C@H](O)C2. The van der Waals surface area contributed by atoms with Crippen molar-refractivity contribution in [2.75, 3.05) is 18.8 Å². The molecule has 1 spiro atoms. The molecule has 0 aromatic heterocycles. The van der Waals surface area contributed by atoms with Crippen LogP contribution in [0.5, 0.6) is 0 Å². The predicted octanol–water partition coefficient (Wildman–Crippen LogP) is 3.96. The highest BCUT2D eigenvalue weighted by atomic mass is 32.2. The molecule has 4 nitrogen and oxygen atoms in total. The van der Waals surface area contributed by atoms with Crippen LogP contribution in [0, 0.1) is 34.0 Å². The first-order valence-corrected chi connectivity index (χ1v) is 13.2. The number of fused-ring (bicyclic) bond motifs is 4. The third-order valence-corrected chi connectivity index (χ3v) is 12.1. The van der Waals surface area contributed by atoms with Gasteiger partial charge in [-0.05, 0) is 73.5 Å². The van der Waals surface area contributed by atoms with Crippen molar-refractivity contribution >= 4 is 10.0 Å². The van der Waals surface area contributed by atoms with Crippen molar-refractivity contribution in [1.82, 2.24) is 4.31 Å². The van der Waals surface area contributed by atoms with Crippen molar-refractivity contribution in [3.63, 3.8) is 0 Å². The molecule has 5 aliphatic rings. The van der Waals surface area contributed by atoms with E-state index < -0.39 is 21.5 Å². The summed E-state index contributed by atoms with van der Waals surface area (Å²) in [6.07, 6.45) is 14.4. The number of nitrogens with zero attached hydrogens (tertiary/aromatic N) is 1. The van der Waals surface area contributed by atoms with Crippen LogP contribution in [0.25, 0.3) is 0 Å². The summed E-state index contributed by atoms with van der Waals surface area (Å²) in [4.78, 5) is 0. The smallest absolute Gasteiger partial charge is 0.214 e. The van der Waals surface area contributed by atoms with E-state index in [-0.39, 0.29) is 16.6 Å². The molecule has 1 aliphatic heterocycles. The molecule has 5 rings (SSSR count). The minimum atomic E-state index is -3.34. The number of aliphatic hydroxyl groups excluding tert-OH is 1. The summed E-state index contributed by atoms with van der Waals surface area (Å²) in [5, 5.41) is 10.8. The van der Waals surface area contributed by atoms with Gasteiger partial charge in [0.15, 0.2) is 0 Å². The van der Waals surface area contributed by atoms with E-state index >= 15 is 0 Å². The molecule has 0 radical (unpaired) electrons. The molecule has 1 saturated heterocycles.